The monoisotopic (exact) mass is 247 g/mol. The molecular formula is C12H17N5O. The minimum absolute atomic E-state index is 0.0903. The number of hydrogen-bond donors (Lipinski definition) is 2. The van der Waals surface area contributed by atoms with E-state index in [1.165, 1.54) is 0 Å². The third-order valence-corrected chi connectivity index (χ3v) is 2.59. The number of rotatable bonds is 6. The second-order valence-electron chi connectivity index (χ2n) is 3.98. The van der Waals surface area contributed by atoms with Crippen molar-refractivity contribution < 1.29 is 4.79 Å². The molecule has 1 amide bonds. The van der Waals surface area contributed by atoms with Crippen molar-refractivity contribution in [3.8, 4) is 0 Å². The highest BCUT2D eigenvalue weighted by Gasteiger charge is 2.10. The van der Waals surface area contributed by atoms with Crippen molar-refractivity contribution in [2.45, 2.75) is 26.3 Å². The van der Waals surface area contributed by atoms with Crippen LogP contribution in [0, 0.1) is 0 Å². The molecule has 0 radical (unpaired) electrons. The third-order valence-electron chi connectivity index (χ3n) is 2.59. The van der Waals surface area contributed by atoms with E-state index < -0.39 is 0 Å². The Morgan fingerprint density at radius 3 is 3.11 bits per heavy atom. The molecular weight excluding hydrogens is 230 g/mol. The number of aryl methyl sites for hydroxylation is 1. The number of aromatic nitrogens is 4. The number of amides is 1. The fourth-order valence-electron chi connectivity index (χ4n) is 1.74. The second kappa shape index (κ2) is 6.00. The standard InChI is InChI=1S/C12H17N5O/c1-2-9-17-10(3-6-16-17)12(18)15-5-4-11-13-7-8-14-11/h3,6-8H,2,4-5,9H2,1H3,(H,13,14)(H,15,18). The molecule has 2 heterocycles. The SMILES string of the molecule is CCCn1nccc1C(=O)NCCc1ncc[nH]1. The van der Waals surface area contributed by atoms with E-state index in [4.69, 9.17) is 0 Å². The van der Waals surface area contributed by atoms with Gasteiger partial charge in [-0.3, -0.25) is 9.48 Å². The first-order valence-electron chi connectivity index (χ1n) is 6.09. The quantitative estimate of drug-likeness (QED) is 0.799. The highest BCUT2D eigenvalue weighted by molar-refractivity contribution is 5.92. The van der Waals surface area contributed by atoms with Crippen LogP contribution in [0.2, 0.25) is 0 Å². The summed E-state index contributed by atoms with van der Waals surface area (Å²) in [5, 5.41) is 6.98. The van der Waals surface area contributed by atoms with Gasteiger partial charge in [-0.05, 0) is 12.5 Å². The van der Waals surface area contributed by atoms with Crippen LogP contribution in [-0.2, 0) is 13.0 Å². The Balaban J connectivity index is 1.85. The molecule has 18 heavy (non-hydrogen) atoms. The van der Waals surface area contributed by atoms with E-state index in [1.54, 1.807) is 29.3 Å². The maximum Gasteiger partial charge on any atom is 0.269 e. The van der Waals surface area contributed by atoms with Crippen LogP contribution in [0.15, 0.2) is 24.7 Å². The number of carbonyl (C=O) groups excluding carboxylic acids is 1. The lowest BCUT2D eigenvalue weighted by Crippen LogP contribution is -2.28. The fourth-order valence-corrected chi connectivity index (χ4v) is 1.74. The summed E-state index contributed by atoms with van der Waals surface area (Å²) in [5.74, 6) is 0.782. The zero-order valence-corrected chi connectivity index (χ0v) is 10.4. The van der Waals surface area contributed by atoms with Crippen molar-refractivity contribution in [1.29, 1.82) is 0 Å². The summed E-state index contributed by atoms with van der Waals surface area (Å²) < 4.78 is 1.72. The Labute approximate surface area is 105 Å². The minimum Gasteiger partial charge on any atom is -0.350 e. The van der Waals surface area contributed by atoms with E-state index in [-0.39, 0.29) is 5.91 Å². The smallest absolute Gasteiger partial charge is 0.269 e. The van der Waals surface area contributed by atoms with Crippen molar-refractivity contribution in [3.63, 3.8) is 0 Å². The van der Waals surface area contributed by atoms with Gasteiger partial charge in [0, 0.05) is 38.1 Å². The van der Waals surface area contributed by atoms with Crippen molar-refractivity contribution >= 4 is 5.91 Å². The lowest BCUT2D eigenvalue weighted by molar-refractivity contribution is 0.0943. The number of imidazole rings is 1. The number of H-pyrrole nitrogens is 1. The van der Waals surface area contributed by atoms with Crippen molar-refractivity contribution in [3.05, 3.63) is 36.2 Å². The molecule has 0 aliphatic rings. The van der Waals surface area contributed by atoms with E-state index in [0.29, 0.717) is 18.7 Å². The third kappa shape index (κ3) is 2.97. The van der Waals surface area contributed by atoms with Gasteiger partial charge < -0.3 is 10.3 Å². The molecule has 0 saturated heterocycles. The number of nitrogens with zero attached hydrogens (tertiary/aromatic N) is 3. The maximum absolute atomic E-state index is 11.9. The van der Waals surface area contributed by atoms with Gasteiger partial charge in [0.1, 0.15) is 11.5 Å². The molecule has 2 aromatic rings. The summed E-state index contributed by atoms with van der Waals surface area (Å²) in [7, 11) is 0. The number of nitrogens with one attached hydrogen (secondary N) is 2. The van der Waals surface area contributed by atoms with Crippen LogP contribution >= 0.6 is 0 Å². The van der Waals surface area contributed by atoms with E-state index in [0.717, 1.165) is 18.8 Å². The zero-order valence-electron chi connectivity index (χ0n) is 10.4. The molecule has 6 nitrogen and oxygen atoms in total. The van der Waals surface area contributed by atoms with Gasteiger partial charge in [0.15, 0.2) is 0 Å². The average molecular weight is 247 g/mol. The molecule has 0 spiro atoms. The molecule has 0 aliphatic heterocycles. The summed E-state index contributed by atoms with van der Waals surface area (Å²) in [5.41, 5.74) is 0.608. The first-order chi connectivity index (χ1) is 8.81. The van der Waals surface area contributed by atoms with Gasteiger partial charge in [0.25, 0.3) is 5.91 Å². The zero-order chi connectivity index (χ0) is 12.8. The molecule has 0 bridgehead atoms. The van der Waals surface area contributed by atoms with Crippen LogP contribution in [0.5, 0.6) is 0 Å². The molecule has 0 saturated carbocycles. The molecule has 6 heteroatoms. The Bertz CT molecular complexity index is 488. The van der Waals surface area contributed by atoms with E-state index >= 15 is 0 Å². The van der Waals surface area contributed by atoms with Gasteiger partial charge in [-0.1, -0.05) is 6.92 Å². The molecule has 2 N–H and O–H groups in total. The van der Waals surface area contributed by atoms with Gasteiger partial charge in [-0.15, -0.1) is 0 Å². The Morgan fingerprint density at radius 1 is 1.50 bits per heavy atom. The van der Waals surface area contributed by atoms with Gasteiger partial charge >= 0.3 is 0 Å². The van der Waals surface area contributed by atoms with Crippen LogP contribution in [0.4, 0.5) is 0 Å². The van der Waals surface area contributed by atoms with Gasteiger partial charge in [0.2, 0.25) is 0 Å². The normalized spacial score (nSPS) is 10.5. The van der Waals surface area contributed by atoms with Crippen LogP contribution in [0.1, 0.15) is 29.7 Å². The molecule has 0 aromatic carbocycles. The predicted octanol–water partition coefficient (Wildman–Crippen LogP) is 0.989. The van der Waals surface area contributed by atoms with E-state index in [9.17, 15) is 4.79 Å². The molecule has 2 aromatic heterocycles. The van der Waals surface area contributed by atoms with Crippen LogP contribution < -0.4 is 5.32 Å². The van der Waals surface area contributed by atoms with Gasteiger partial charge in [-0.25, -0.2) is 4.98 Å². The van der Waals surface area contributed by atoms with Crippen LogP contribution in [0.3, 0.4) is 0 Å². The average Bonchev–Trinajstić information content (AvgIpc) is 3.00. The summed E-state index contributed by atoms with van der Waals surface area (Å²) in [6.45, 7) is 3.37. The number of carbonyl (C=O) groups is 1. The van der Waals surface area contributed by atoms with E-state index in [2.05, 4.69) is 27.3 Å². The highest BCUT2D eigenvalue weighted by Crippen LogP contribution is 2.00. The first-order valence-corrected chi connectivity index (χ1v) is 6.09. The number of aromatic amines is 1. The number of hydrogen-bond acceptors (Lipinski definition) is 3. The first kappa shape index (κ1) is 12.3. The molecule has 0 fully saturated rings. The molecule has 96 valence electrons. The largest absolute Gasteiger partial charge is 0.350 e. The minimum atomic E-state index is -0.0903. The molecule has 0 atom stereocenters. The Morgan fingerprint density at radius 2 is 2.39 bits per heavy atom. The Kier molecular flexibility index (Phi) is 4.11. The summed E-state index contributed by atoms with van der Waals surface area (Å²) >= 11 is 0. The molecule has 0 aliphatic carbocycles. The highest BCUT2D eigenvalue weighted by atomic mass is 16.2. The van der Waals surface area contributed by atoms with Crippen molar-refractivity contribution in [2.75, 3.05) is 6.54 Å². The molecule has 2 rings (SSSR count). The molecule has 0 unspecified atom stereocenters. The summed E-state index contributed by atoms with van der Waals surface area (Å²) in [4.78, 5) is 19.0. The van der Waals surface area contributed by atoms with Gasteiger partial charge in [-0.2, -0.15) is 5.10 Å². The summed E-state index contributed by atoms with van der Waals surface area (Å²) in [6, 6.07) is 1.73. The fraction of sp³-hybridized carbons (Fsp3) is 0.417. The lowest BCUT2D eigenvalue weighted by atomic mass is 10.3. The van der Waals surface area contributed by atoms with Crippen molar-refractivity contribution in [2.24, 2.45) is 0 Å². The predicted molar refractivity (Wildman–Crippen MR) is 67.1 cm³/mol. The van der Waals surface area contributed by atoms with E-state index in [1.807, 2.05) is 0 Å². The van der Waals surface area contributed by atoms with Crippen LogP contribution in [-0.4, -0.2) is 32.2 Å². The van der Waals surface area contributed by atoms with Crippen LogP contribution in [0.25, 0.3) is 0 Å². The Hall–Kier alpha value is -2.11. The topological polar surface area (TPSA) is 75.6 Å². The summed E-state index contributed by atoms with van der Waals surface area (Å²) in [6.07, 6.45) is 6.77. The maximum atomic E-state index is 11.9. The second-order valence-corrected chi connectivity index (χ2v) is 3.98. The lowest BCUT2D eigenvalue weighted by Gasteiger charge is -2.06. The van der Waals surface area contributed by atoms with Crippen molar-refractivity contribution in [1.82, 2.24) is 25.1 Å². The van der Waals surface area contributed by atoms with Gasteiger partial charge in [0.05, 0.1) is 0 Å².